The molecule has 3 heterocycles. The number of rotatable bonds is 5. The van der Waals surface area contributed by atoms with Crippen molar-refractivity contribution in [2.75, 3.05) is 13.7 Å². The molecule has 0 N–H and O–H groups in total. The number of nitrogens with zero attached hydrogens (tertiary/aromatic N) is 4. The van der Waals surface area contributed by atoms with E-state index in [0.29, 0.717) is 35.4 Å². The second kappa shape index (κ2) is 8.49. The van der Waals surface area contributed by atoms with Gasteiger partial charge in [0.05, 0.1) is 24.1 Å². The van der Waals surface area contributed by atoms with Gasteiger partial charge in [-0.25, -0.2) is 14.3 Å². The number of likely N-dealkylation sites (N-methyl/N-ethyl adjacent to an activating group) is 1. The molecule has 2 aromatic carbocycles. The number of hydrogen-bond donors (Lipinski definition) is 0. The molecule has 1 atom stereocenters. The van der Waals surface area contributed by atoms with Gasteiger partial charge in [-0.2, -0.15) is 18.3 Å². The minimum absolute atomic E-state index is 0.225. The maximum absolute atomic E-state index is 13.6. The van der Waals surface area contributed by atoms with E-state index in [2.05, 4.69) is 10.1 Å². The van der Waals surface area contributed by atoms with Crippen LogP contribution in [-0.2, 0) is 34.2 Å². The van der Waals surface area contributed by atoms with Crippen LogP contribution in [0.3, 0.4) is 0 Å². The Morgan fingerprint density at radius 3 is 2.46 bits per heavy atom. The molecule has 0 fully saturated rings. The predicted octanol–water partition coefficient (Wildman–Crippen LogP) is 4.86. The highest BCUT2D eigenvalue weighted by atomic mass is 19.4. The average molecular weight is 480 g/mol. The van der Waals surface area contributed by atoms with Crippen LogP contribution in [0.4, 0.5) is 13.2 Å². The molecular weight excluding hydrogens is 457 g/mol. The van der Waals surface area contributed by atoms with Gasteiger partial charge in [-0.15, -0.1) is 0 Å². The third kappa shape index (κ3) is 3.76. The Labute approximate surface area is 200 Å². The highest BCUT2D eigenvalue weighted by Gasteiger charge is 2.53. The highest BCUT2D eigenvalue weighted by molar-refractivity contribution is 5.85. The summed E-state index contributed by atoms with van der Waals surface area (Å²) in [4.78, 5) is 20.1. The van der Waals surface area contributed by atoms with Crippen LogP contribution >= 0.6 is 0 Å². The Morgan fingerprint density at radius 2 is 1.80 bits per heavy atom. The number of fused-ring (bicyclic) bond motifs is 3. The number of esters is 1. The summed E-state index contributed by atoms with van der Waals surface area (Å²) in [6.07, 6.45) is -0.769. The smallest absolute Gasteiger partial charge is 0.416 e. The van der Waals surface area contributed by atoms with Crippen molar-refractivity contribution in [3.63, 3.8) is 0 Å². The predicted molar refractivity (Wildman–Crippen MR) is 123 cm³/mol. The molecule has 0 amide bonds. The first-order valence-electron chi connectivity index (χ1n) is 11.2. The third-order valence-electron chi connectivity index (χ3n) is 6.49. The first-order chi connectivity index (χ1) is 16.8. The van der Waals surface area contributed by atoms with Crippen molar-refractivity contribution in [1.29, 1.82) is 0 Å². The fourth-order valence-corrected chi connectivity index (χ4v) is 4.82. The van der Waals surface area contributed by atoms with Crippen LogP contribution < -0.4 is 0 Å². The Morgan fingerprint density at radius 1 is 1.09 bits per heavy atom. The number of alkyl halides is 3. The van der Waals surface area contributed by atoms with Crippen LogP contribution in [0.2, 0.25) is 0 Å². The van der Waals surface area contributed by atoms with Gasteiger partial charge in [0.15, 0.2) is 11.2 Å². The lowest BCUT2D eigenvalue weighted by Crippen LogP contribution is -2.49. The van der Waals surface area contributed by atoms with Crippen molar-refractivity contribution in [3.8, 4) is 11.1 Å². The molecule has 180 valence electrons. The van der Waals surface area contributed by atoms with Gasteiger partial charge in [0.25, 0.3) is 0 Å². The normalized spacial score (nSPS) is 18.1. The number of benzene rings is 2. The van der Waals surface area contributed by atoms with Crippen molar-refractivity contribution in [2.24, 2.45) is 0 Å². The summed E-state index contributed by atoms with van der Waals surface area (Å²) in [6, 6.07) is 14.6. The van der Waals surface area contributed by atoms with Crippen molar-refractivity contribution in [2.45, 2.75) is 31.6 Å². The Balaban J connectivity index is 1.68. The van der Waals surface area contributed by atoms with Crippen LogP contribution in [0.25, 0.3) is 16.8 Å². The van der Waals surface area contributed by atoms with Gasteiger partial charge < -0.3 is 4.74 Å². The molecule has 0 saturated carbocycles. The first-order valence-corrected chi connectivity index (χ1v) is 11.2. The van der Waals surface area contributed by atoms with Gasteiger partial charge in [-0.05, 0) is 37.2 Å². The minimum atomic E-state index is -4.42. The fraction of sp³-hybridized carbons (Fsp3) is 0.269. The molecule has 0 bridgehead atoms. The standard InChI is InChI=1S/C26H23F3N4O2/c1-3-35-24(34)25(13-17-7-5-4-6-8-17)22-19(16-32(25)2)14-30-23-21(15-31-33(22)23)18-9-11-20(12-10-18)26(27,28)29/h4-12,14-15H,3,13,16H2,1-2H3. The molecule has 9 heteroatoms. The molecule has 1 aliphatic heterocycles. The van der Waals surface area contributed by atoms with Gasteiger partial charge in [-0.1, -0.05) is 42.5 Å². The van der Waals surface area contributed by atoms with Crippen molar-refractivity contribution >= 4 is 11.6 Å². The topological polar surface area (TPSA) is 59.7 Å². The van der Waals surface area contributed by atoms with Gasteiger partial charge in [0.2, 0.25) is 0 Å². The summed E-state index contributed by atoms with van der Waals surface area (Å²) < 4.78 is 46.3. The molecule has 0 aliphatic carbocycles. The number of ether oxygens (including phenoxy) is 1. The van der Waals surface area contributed by atoms with E-state index in [1.807, 2.05) is 42.3 Å². The first kappa shape index (κ1) is 23.0. The zero-order valence-electron chi connectivity index (χ0n) is 19.2. The Kier molecular flexibility index (Phi) is 5.59. The summed E-state index contributed by atoms with van der Waals surface area (Å²) >= 11 is 0. The van der Waals surface area contributed by atoms with Crippen molar-refractivity contribution < 1.29 is 22.7 Å². The monoisotopic (exact) mass is 480 g/mol. The van der Waals surface area contributed by atoms with E-state index in [0.717, 1.165) is 23.3 Å². The molecule has 0 spiro atoms. The lowest BCUT2D eigenvalue weighted by atomic mass is 9.87. The fourth-order valence-electron chi connectivity index (χ4n) is 4.82. The van der Waals surface area contributed by atoms with Crippen molar-refractivity contribution in [3.05, 3.63) is 89.4 Å². The molecule has 0 saturated heterocycles. The van der Waals surface area contributed by atoms with E-state index in [1.54, 1.807) is 23.8 Å². The second-order valence-electron chi connectivity index (χ2n) is 8.60. The van der Waals surface area contributed by atoms with E-state index in [-0.39, 0.29) is 12.6 Å². The summed E-state index contributed by atoms with van der Waals surface area (Å²) in [5.41, 5.74) is 2.18. The van der Waals surface area contributed by atoms with Crippen LogP contribution in [-0.4, -0.2) is 39.1 Å². The van der Waals surface area contributed by atoms with E-state index in [1.165, 1.54) is 12.1 Å². The van der Waals surface area contributed by atoms with Gasteiger partial charge in [-0.3, -0.25) is 4.90 Å². The highest BCUT2D eigenvalue weighted by Crippen LogP contribution is 2.42. The molecule has 1 aliphatic rings. The van der Waals surface area contributed by atoms with E-state index >= 15 is 0 Å². The summed E-state index contributed by atoms with van der Waals surface area (Å²) in [5, 5.41) is 4.55. The number of carbonyl (C=O) groups excluding carboxylic acids is 1. The largest absolute Gasteiger partial charge is 0.464 e. The van der Waals surface area contributed by atoms with E-state index < -0.39 is 17.3 Å². The second-order valence-corrected chi connectivity index (χ2v) is 8.60. The van der Waals surface area contributed by atoms with Gasteiger partial charge in [0, 0.05) is 30.3 Å². The molecule has 5 rings (SSSR count). The SMILES string of the molecule is CCOC(=O)C1(Cc2ccccc2)c2c(cnc3c(-c4ccc(C(F)(F)F)cc4)cnn23)CN1C. The van der Waals surface area contributed by atoms with Gasteiger partial charge >= 0.3 is 12.1 Å². The quantitative estimate of drug-likeness (QED) is 0.382. The molecule has 0 radical (unpaired) electrons. The Hall–Kier alpha value is -3.72. The third-order valence-corrected chi connectivity index (χ3v) is 6.49. The van der Waals surface area contributed by atoms with E-state index in [4.69, 9.17) is 4.74 Å². The zero-order valence-corrected chi connectivity index (χ0v) is 19.2. The molecule has 4 aromatic rings. The van der Waals surface area contributed by atoms with E-state index in [9.17, 15) is 18.0 Å². The average Bonchev–Trinajstić information content (AvgIpc) is 3.38. The molecule has 6 nitrogen and oxygen atoms in total. The van der Waals surface area contributed by atoms with Crippen molar-refractivity contribution in [1.82, 2.24) is 19.5 Å². The lowest BCUT2D eigenvalue weighted by molar-refractivity contribution is -0.157. The van der Waals surface area contributed by atoms with Crippen LogP contribution in [0.1, 0.15) is 29.3 Å². The summed E-state index contributed by atoms with van der Waals surface area (Å²) in [6.45, 7) is 2.46. The molecule has 2 aromatic heterocycles. The molecule has 35 heavy (non-hydrogen) atoms. The number of hydrogen-bond acceptors (Lipinski definition) is 5. The minimum Gasteiger partial charge on any atom is -0.464 e. The molecule has 1 unspecified atom stereocenters. The zero-order chi connectivity index (χ0) is 24.8. The maximum Gasteiger partial charge on any atom is 0.416 e. The summed E-state index contributed by atoms with van der Waals surface area (Å²) in [7, 11) is 1.87. The lowest BCUT2D eigenvalue weighted by Gasteiger charge is -2.34. The van der Waals surface area contributed by atoms with Crippen LogP contribution in [0.5, 0.6) is 0 Å². The number of aromatic nitrogens is 3. The van der Waals surface area contributed by atoms with Gasteiger partial charge in [0.1, 0.15) is 0 Å². The van der Waals surface area contributed by atoms with Crippen LogP contribution in [0.15, 0.2) is 67.0 Å². The number of halogens is 3. The van der Waals surface area contributed by atoms with Crippen LogP contribution in [0, 0.1) is 0 Å². The number of carbonyl (C=O) groups is 1. The summed E-state index contributed by atoms with van der Waals surface area (Å²) in [5.74, 6) is -0.385. The molecular formula is C26H23F3N4O2. The Bertz CT molecular complexity index is 1380. The maximum atomic E-state index is 13.6.